The van der Waals surface area contributed by atoms with Crippen LogP contribution in [-0.2, 0) is 18.4 Å². The molecule has 28 heavy (non-hydrogen) atoms. The largest absolute Gasteiger partial charge is 0.497 e. The van der Waals surface area contributed by atoms with Crippen molar-refractivity contribution in [3.05, 3.63) is 46.8 Å². The monoisotopic (exact) mass is 384 g/mol. The first-order valence-electron chi connectivity index (χ1n) is 9.60. The number of carbonyl (C=O) groups is 2. The van der Waals surface area contributed by atoms with Crippen LogP contribution >= 0.6 is 0 Å². The predicted molar refractivity (Wildman–Crippen MR) is 106 cm³/mol. The fourth-order valence-electron chi connectivity index (χ4n) is 3.67. The molecule has 1 N–H and O–H groups in total. The van der Waals surface area contributed by atoms with E-state index >= 15 is 0 Å². The molecule has 0 radical (unpaired) electrons. The summed E-state index contributed by atoms with van der Waals surface area (Å²) in [6.07, 6.45) is 1.81. The van der Waals surface area contributed by atoms with Gasteiger partial charge in [0.2, 0.25) is 5.91 Å². The first-order chi connectivity index (χ1) is 13.4. The van der Waals surface area contributed by atoms with Crippen LogP contribution in [0.2, 0.25) is 0 Å². The van der Waals surface area contributed by atoms with E-state index in [0.29, 0.717) is 31.6 Å². The lowest BCUT2D eigenvalue weighted by atomic mass is 10.1. The van der Waals surface area contributed by atoms with Gasteiger partial charge in [-0.05, 0) is 44.4 Å². The number of aromatic nitrogens is 2. The third kappa shape index (κ3) is 4.35. The molecule has 1 atom stereocenters. The summed E-state index contributed by atoms with van der Waals surface area (Å²) < 4.78 is 6.88. The van der Waals surface area contributed by atoms with Gasteiger partial charge < -0.3 is 15.0 Å². The maximum atomic E-state index is 12.7. The van der Waals surface area contributed by atoms with E-state index in [1.54, 1.807) is 18.8 Å². The van der Waals surface area contributed by atoms with Gasteiger partial charge in [0.25, 0.3) is 5.91 Å². The van der Waals surface area contributed by atoms with E-state index in [9.17, 15) is 9.59 Å². The minimum absolute atomic E-state index is 0.0265. The Morgan fingerprint density at radius 1 is 1.32 bits per heavy atom. The number of likely N-dealkylation sites (tertiary alicyclic amines) is 1. The van der Waals surface area contributed by atoms with Gasteiger partial charge in [-0.2, -0.15) is 5.10 Å². The number of ether oxygens (including phenoxy) is 1. The van der Waals surface area contributed by atoms with Gasteiger partial charge in [0.05, 0.1) is 12.8 Å². The Kier molecular flexibility index (Phi) is 6.02. The molecule has 150 valence electrons. The maximum absolute atomic E-state index is 12.7. The number of amides is 2. The summed E-state index contributed by atoms with van der Waals surface area (Å²) >= 11 is 0. The number of carbonyl (C=O) groups excluding carboxylic acids is 2. The second-order valence-corrected chi connectivity index (χ2v) is 7.35. The summed E-state index contributed by atoms with van der Waals surface area (Å²) in [5.74, 6) is 0.776. The van der Waals surface area contributed by atoms with Crippen LogP contribution in [0.4, 0.5) is 0 Å². The number of benzene rings is 1. The number of nitrogens with one attached hydrogen (secondary N) is 1. The van der Waals surface area contributed by atoms with Crippen molar-refractivity contribution in [3.63, 3.8) is 0 Å². The summed E-state index contributed by atoms with van der Waals surface area (Å²) in [6.45, 7) is 4.97. The van der Waals surface area contributed by atoms with Crippen molar-refractivity contribution in [3.8, 4) is 5.75 Å². The average molecular weight is 384 g/mol. The summed E-state index contributed by atoms with van der Waals surface area (Å²) in [5, 5.41) is 7.41. The Hall–Kier alpha value is -2.83. The summed E-state index contributed by atoms with van der Waals surface area (Å²) in [7, 11) is 3.41. The van der Waals surface area contributed by atoms with Gasteiger partial charge in [-0.25, -0.2) is 0 Å². The zero-order valence-corrected chi connectivity index (χ0v) is 17.0. The van der Waals surface area contributed by atoms with E-state index in [1.165, 1.54) is 0 Å². The SMILES string of the molecule is COc1cccc(CN2CCC(NC(=O)c3c(C)c(C)nn3C)CCC2=O)c1. The van der Waals surface area contributed by atoms with Crippen LogP contribution in [0, 0.1) is 13.8 Å². The topological polar surface area (TPSA) is 76.5 Å². The van der Waals surface area contributed by atoms with Gasteiger partial charge in [-0.1, -0.05) is 12.1 Å². The Morgan fingerprint density at radius 2 is 2.11 bits per heavy atom. The molecule has 0 saturated carbocycles. The lowest BCUT2D eigenvalue weighted by Gasteiger charge is -2.21. The maximum Gasteiger partial charge on any atom is 0.270 e. The van der Waals surface area contributed by atoms with Crippen molar-refractivity contribution >= 4 is 11.8 Å². The third-order valence-corrected chi connectivity index (χ3v) is 5.39. The van der Waals surface area contributed by atoms with Crippen molar-refractivity contribution < 1.29 is 14.3 Å². The van der Waals surface area contributed by atoms with Crippen molar-refractivity contribution in [1.29, 1.82) is 0 Å². The molecule has 1 aliphatic heterocycles. The van der Waals surface area contributed by atoms with Crippen molar-refractivity contribution in [2.75, 3.05) is 13.7 Å². The van der Waals surface area contributed by atoms with Crippen LogP contribution < -0.4 is 10.1 Å². The lowest BCUT2D eigenvalue weighted by Crippen LogP contribution is -2.37. The predicted octanol–water partition coefficient (Wildman–Crippen LogP) is 2.36. The number of nitrogens with zero attached hydrogens (tertiary/aromatic N) is 3. The minimum Gasteiger partial charge on any atom is -0.497 e. The molecule has 2 aromatic rings. The molecular formula is C21H28N4O3. The molecule has 1 fully saturated rings. The Labute approximate surface area is 165 Å². The molecule has 1 aliphatic rings. The second kappa shape index (κ2) is 8.46. The van der Waals surface area contributed by atoms with Gasteiger partial charge in [0.1, 0.15) is 11.4 Å². The van der Waals surface area contributed by atoms with Gasteiger partial charge in [-0.3, -0.25) is 14.3 Å². The molecule has 7 heteroatoms. The van der Waals surface area contributed by atoms with Crippen LogP contribution in [0.15, 0.2) is 24.3 Å². The Bertz CT molecular complexity index is 875. The molecule has 1 saturated heterocycles. The van der Waals surface area contributed by atoms with Crippen LogP contribution in [0.25, 0.3) is 0 Å². The highest BCUT2D eigenvalue weighted by molar-refractivity contribution is 5.94. The normalized spacial score (nSPS) is 17.4. The van der Waals surface area contributed by atoms with Crippen LogP contribution in [0.3, 0.4) is 0 Å². The first kappa shape index (κ1) is 19.9. The fourth-order valence-corrected chi connectivity index (χ4v) is 3.67. The second-order valence-electron chi connectivity index (χ2n) is 7.35. The van der Waals surface area contributed by atoms with Gasteiger partial charge >= 0.3 is 0 Å². The smallest absolute Gasteiger partial charge is 0.270 e. The molecule has 1 unspecified atom stereocenters. The molecule has 7 nitrogen and oxygen atoms in total. The van der Waals surface area contributed by atoms with E-state index < -0.39 is 0 Å². The van der Waals surface area contributed by atoms with Crippen molar-refractivity contribution in [1.82, 2.24) is 20.0 Å². The number of hydrogen-bond acceptors (Lipinski definition) is 4. The van der Waals surface area contributed by atoms with E-state index in [0.717, 1.165) is 29.0 Å². The summed E-state index contributed by atoms with van der Waals surface area (Å²) in [5.41, 5.74) is 3.37. The average Bonchev–Trinajstić information content (AvgIpc) is 2.82. The van der Waals surface area contributed by atoms with Crippen LogP contribution in [0.5, 0.6) is 5.75 Å². The molecule has 1 aromatic carbocycles. The summed E-state index contributed by atoms with van der Waals surface area (Å²) in [6, 6.07) is 7.73. The molecule has 3 rings (SSSR count). The molecule has 2 heterocycles. The highest BCUT2D eigenvalue weighted by Gasteiger charge is 2.25. The lowest BCUT2D eigenvalue weighted by molar-refractivity contribution is -0.131. The van der Waals surface area contributed by atoms with Crippen molar-refractivity contribution in [2.24, 2.45) is 7.05 Å². The molecule has 2 amide bonds. The fraction of sp³-hybridized carbons (Fsp3) is 0.476. The Morgan fingerprint density at radius 3 is 2.79 bits per heavy atom. The van der Waals surface area contributed by atoms with Gasteiger partial charge in [0.15, 0.2) is 0 Å². The van der Waals surface area contributed by atoms with Crippen molar-refractivity contribution in [2.45, 2.75) is 45.7 Å². The molecular weight excluding hydrogens is 356 g/mol. The number of hydrogen-bond donors (Lipinski definition) is 1. The summed E-state index contributed by atoms with van der Waals surface area (Å²) in [4.78, 5) is 27.1. The number of aryl methyl sites for hydroxylation is 2. The first-order valence-corrected chi connectivity index (χ1v) is 9.60. The number of rotatable bonds is 5. The molecule has 0 bridgehead atoms. The zero-order valence-electron chi connectivity index (χ0n) is 17.0. The van der Waals surface area contributed by atoms with Crippen LogP contribution in [0.1, 0.15) is 46.6 Å². The van der Waals surface area contributed by atoms with Gasteiger partial charge in [0, 0.05) is 38.2 Å². The quantitative estimate of drug-likeness (QED) is 0.859. The van der Waals surface area contributed by atoms with Crippen LogP contribution in [-0.4, -0.2) is 46.2 Å². The van der Waals surface area contributed by atoms with E-state index in [4.69, 9.17) is 4.74 Å². The standard InChI is InChI=1S/C21H28N4O3/c1-14-15(2)23-24(3)20(14)21(27)22-17-8-9-19(26)25(11-10-17)13-16-6-5-7-18(12-16)28-4/h5-7,12,17H,8-11,13H2,1-4H3,(H,22,27). The van der Waals surface area contributed by atoms with Gasteiger partial charge in [-0.15, -0.1) is 0 Å². The minimum atomic E-state index is -0.126. The van der Waals surface area contributed by atoms with E-state index in [-0.39, 0.29) is 17.9 Å². The third-order valence-electron chi connectivity index (χ3n) is 5.39. The zero-order chi connectivity index (χ0) is 20.3. The van der Waals surface area contributed by atoms with E-state index in [2.05, 4.69) is 10.4 Å². The number of methoxy groups -OCH3 is 1. The Balaban J connectivity index is 1.63. The van der Waals surface area contributed by atoms with E-state index in [1.807, 2.05) is 43.0 Å². The molecule has 0 aliphatic carbocycles. The molecule has 1 aromatic heterocycles. The highest BCUT2D eigenvalue weighted by atomic mass is 16.5. The highest BCUT2D eigenvalue weighted by Crippen LogP contribution is 2.19. The molecule has 0 spiro atoms.